The van der Waals surface area contributed by atoms with Crippen molar-refractivity contribution >= 4 is 24.1 Å². The van der Waals surface area contributed by atoms with Crippen LogP contribution < -0.4 is 4.74 Å². The fourth-order valence-corrected chi connectivity index (χ4v) is 8.32. The molecule has 2 saturated carbocycles. The largest absolute Gasteiger partial charge is 0.494 e. The molecular weight excluding hydrogens is 484 g/mol. The van der Waals surface area contributed by atoms with E-state index in [9.17, 15) is 9.59 Å². The van der Waals surface area contributed by atoms with Crippen LogP contribution in [0.5, 0.6) is 5.75 Å². The van der Waals surface area contributed by atoms with Gasteiger partial charge in [0.1, 0.15) is 11.5 Å². The third-order valence-corrected chi connectivity index (χ3v) is 10.4. The highest BCUT2D eigenvalue weighted by Crippen LogP contribution is 2.61. The summed E-state index contributed by atoms with van der Waals surface area (Å²) >= 11 is 0. The molecule has 0 aromatic heterocycles. The van der Waals surface area contributed by atoms with Crippen molar-refractivity contribution in [3.8, 4) is 5.75 Å². The van der Waals surface area contributed by atoms with Gasteiger partial charge in [0.15, 0.2) is 0 Å². The van der Waals surface area contributed by atoms with Crippen LogP contribution >= 0.6 is 12.4 Å². The molecule has 3 fully saturated rings. The van der Waals surface area contributed by atoms with E-state index in [1.807, 2.05) is 18.7 Å². The standard InChI is InChI=1S/C31H46N2O3.ClH/c1-5-32(6-2)30(35)27-20-28(34)31(4)15-14-25-24-13-11-23(19-22(24)10-12-26(25)29(27)31)36-18-8-17-33-16-7-9-21(33)3;/h11,13,19,21,25-27,29H,5-10,12,14-18,20H2,1-4H3;1H/t21-,25-,26-,27+,29-,31-;/m1./s1. The lowest BCUT2D eigenvalue weighted by Gasteiger charge is -2.49. The Balaban J connectivity index is 0.00000320. The zero-order valence-electron chi connectivity index (χ0n) is 23.3. The van der Waals surface area contributed by atoms with Crippen LogP contribution in [-0.4, -0.2) is 60.3 Å². The number of likely N-dealkylation sites (tertiary alicyclic amines) is 1. The van der Waals surface area contributed by atoms with Crippen molar-refractivity contribution in [1.82, 2.24) is 9.80 Å². The Hall–Kier alpha value is -1.59. The summed E-state index contributed by atoms with van der Waals surface area (Å²) < 4.78 is 6.18. The van der Waals surface area contributed by atoms with Crippen LogP contribution in [0.4, 0.5) is 0 Å². The van der Waals surface area contributed by atoms with Gasteiger partial charge in [0.05, 0.1) is 6.61 Å². The van der Waals surface area contributed by atoms with Gasteiger partial charge >= 0.3 is 0 Å². The average molecular weight is 531 g/mol. The van der Waals surface area contributed by atoms with E-state index in [-0.39, 0.29) is 35.6 Å². The summed E-state index contributed by atoms with van der Waals surface area (Å²) in [5.41, 5.74) is 2.53. The monoisotopic (exact) mass is 530 g/mol. The van der Waals surface area contributed by atoms with Crippen molar-refractivity contribution in [2.75, 3.05) is 32.8 Å². The van der Waals surface area contributed by atoms with E-state index >= 15 is 0 Å². The zero-order chi connectivity index (χ0) is 25.4. The van der Waals surface area contributed by atoms with Crippen LogP contribution in [0.2, 0.25) is 0 Å². The molecule has 1 saturated heterocycles. The highest BCUT2D eigenvalue weighted by Gasteiger charge is 2.60. The number of nitrogens with zero attached hydrogens (tertiary/aromatic N) is 2. The van der Waals surface area contributed by atoms with Gasteiger partial charge in [-0.1, -0.05) is 13.0 Å². The number of amides is 1. The highest BCUT2D eigenvalue weighted by atomic mass is 35.5. The summed E-state index contributed by atoms with van der Waals surface area (Å²) in [6.07, 6.45) is 8.22. The van der Waals surface area contributed by atoms with Gasteiger partial charge in [0, 0.05) is 43.4 Å². The van der Waals surface area contributed by atoms with E-state index in [0.29, 0.717) is 24.0 Å². The first-order chi connectivity index (χ1) is 17.4. The second-order valence-corrected chi connectivity index (χ2v) is 12.1. The minimum atomic E-state index is -0.331. The highest BCUT2D eigenvalue weighted by molar-refractivity contribution is 5.94. The van der Waals surface area contributed by atoms with Crippen molar-refractivity contribution in [1.29, 1.82) is 0 Å². The molecule has 0 bridgehead atoms. The molecule has 5 rings (SSSR count). The number of aryl methyl sites for hydroxylation is 1. The van der Waals surface area contributed by atoms with Gasteiger partial charge in [0.25, 0.3) is 0 Å². The number of carbonyl (C=O) groups is 2. The number of ketones is 1. The molecule has 1 aliphatic heterocycles. The van der Waals surface area contributed by atoms with Gasteiger partial charge in [-0.2, -0.15) is 0 Å². The second-order valence-electron chi connectivity index (χ2n) is 12.1. The molecule has 3 aliphatic carbocycles. The normalized spacial score (nSPS) is 32.8. The number of ether oxygens (including phenoxy) is 1. The third-order valence-electron chi connectivity index (χ3n) is 10.4. The number of rotatable bonds is 8. The van der Waals surface area contributed by atoms with E-state index < -0.39 is 0 Å². The maximum atomic E-state index is 13.5. The lowest BCUT2D eigenvalue weighted by atomic mass is 9.54. The van der Waals surface area contributed by atoms with Crippen LogP contribution in [0, 0.1) is 23.2 Å². The molecule has 4 aliphatic rings. The summed E-state index contributed by atoms with van der Waals surface area (Å²) in [5.74, 6) is 2.44. The molecule has 37 heavy (non-hydrogen) atoms. The summed E-state index contributed by atoms with van der Waals surface area (Å²) in [7, 11) is 0. The third kappa shape index (κ3) is 5.20. The maximum Gasteiger partial charge on any atom is 0.226 e. The Morgan fingerprint density at radius 3 is 2.68 bits per heavy atom. The van der Waals surface area contributed by atoms with Crippen molar-refractivity contribution in [3.05, 3.63) is 29.3 Å². The molecule has 1 aromatic rings. The van der Waals surface area contributed by atoms with E-state index in [4.69, 9.17) is 4.74 Å². The fourth-order valence-electron chi connectivity index (χ4n) is 8.32. The van der Waals surface area contributed by atoms with Crippen molar-refractivity contribution in [2.45, 2.75) is 91.0 Å². The Bertz CT molecular complexity index is 979. The predicted molar refractivity (Wildman–Crippen MR) is 150 cm³/mol. The maximum absolute atomic E-state index is 13.5. The first-order valence-corrected chi connectivity index (χ1v) is 14.7. The smallest absolute Gasteiger partial charge is 0.226 e. The van der Waals surface area contributed by atoms with Gasteiger partial charge in [-0.05, 0) is 113 Å². The summed E-state index contributed by atoms with van der Waals surface area (Å²) in [4.78, 5) is 31.3. The number of fused-ring (bicyclic) bond motifs is 5. The molecule has 0 N–H and O–H groups in total. The van der Waals surface area contributed by atoms with Gasteiger partial charge < -0.3 is 14.5 Å². The number of hydrogen-bond donors (Lipinski definition) is 0. The quantitative estimate of drug-likeness (QED) is 0.394. The van der Waals surface area contributed by atoms with Gasteiger partial charge in [0.2, 0.25) is 5.91 Å². The number of benzene rings is 1. The van der Waals surface area contributed by atoms with Gasteiger partial charge in [-0.25, -0.2) is 0 Å². The zero-order valence-corrected chi connectivity index (χ0v) is 24.2. The van der Waals surface area contributed by atoms with E-state index in [2.05, 4.69) is 36.9 Å². The van der Waals surface area contributed by atoms with E-state index in [1.165, 1.54) is 30.5 Å². The molecule has 0 unspecified atom stereocenters. The number of Topliss-reactive ketones (excluding diaryl/α,β-unsaturated/α-hetero) is 1. The van der Waals surface area contributed by atoms with Crippen molar-refractivity contribution in [3.63, 3.8) is 0 Å². The summed E-state index contributed by atoms with van der Waals surface area (Å²) in [6.45, 7) is 13.2. The predicted octanol–water partition coefficient (Wildman–Crippen LogP) is 5.88. The molecule has 1 heterocycles. The molecule has 1 aromatic carbocycles. The first-order valence-electron chi connectivity index (χ1n) is 14.7. The van der Waals surface area contributed by atoms with Crippen LogP contribution in [0.1, 0.15) is 89.7 Å². The fraction of sp³-hybridized carbons (Fsp3) is 0.742. The Morgan fingerprint density at radius 2 is 1.97 bits per heavy atom. The average Bonchev–Trinajstić information content (AvgIpc) is 3.41. The molecule has 0 radical (unpaired) electrons. The first kappa shape index (κ1) is 28.4. The molecule has 6 heteroatoms. The Kier molecular flexibility index (Phi) is 8.95. The molecule has 5 nitrogen and oxygen atoms in total. The molecule has 206 valence electrons. The van der Waals surface area contributed by atoms with Crippen LogP contribution in [0.25, 0.3) is 0 Å². The van der Waals surface area contributed by atoms with Crippen LogP contribution in [0.15, 0.2) is 18.2 Å². The minimum Gasteiger partial charge on any atom is -0.494 e. The summed E-state index contributed by atoms with van der Waals surface area (Å²) in [5, 5.41) is 0. The topological polar surface area (TPSA) is 49.9 Å². The Morgan fingerprint density at radius 1 is 1.19 bits per heavy atom. The molecule has 0 spiro atoms. The molecule has 1 amide bonds. The van der Waals surface area contributed by atoms with Crippen molar-refractivity contribution < 1.29 is 14.3 Å². The minimum absolute atomic E-state index is 0. The number of halogens is 1. The molecule has 6 atom stereocenters. The van der Waals surface area contributed by atoms with Crippen LogP contribution in [-0.2, 0) is 16.0 Å². The molecular formula is C31H47ClN2O3. The van der Waals surface area contributed by atoms with E-state index in [1.54, 1.807) is 0 Å². The van der Waals surface area contributed by atoms with Gasteiger partial charge in [-0.15, -0.1) is 12.4 Å². The number of carbonyl (C=O) groups excluding carboxylic acids is 2. The van der Waals surface area contributed by atoms with Crippen molar-refractivity contribution in [2.24, 2.45) is 23.2 Å². The van der Waals surface area contributed by atoms with Crippen LogP contribution in [0.3, 0.4) is 0 Å². The number of hydrogen-bond acceptors (Lipinski definition) is 4. The van der Waals surface area contributed by atoms with Gasteiger partial charge in [-0.3, -0.25) is 9.59 Å². The summed E-state index contributed by atoms with van der Waals surface area (Å²) in [6, 6.07) is 7.45. The Labute approximate surface area is 230 Å². The lowest BCUT2D eigenvalue weighted by Crippen LogP contribution is -2.47. The second kappa shape index (κ2) is 11.7. The SMILES string of the molecule is CCN(CC)C(=O)[C@H]1CC(=O)[C@@]2(C)CC[C@@H]3c4ccc(OCCCN5CCC[C@H]5C)cc4CC[C@H]3[C@H]12.Cl. The van der Waals surface area contributed by atoms with E-state index in [0.717, 1.165) is 70.1 Å². The lowest BCUT2D eigenvalue weighted by molar-refractivity contribution is -0.139.